The van der Waals surface area contributed by atoms with Gasteiger partial charge in [0.1, 0.15) is 11.6 Å². The van der Waals surface area contributed by atoms with E-state index >= 15 is 0 Å². The number of ketones is 1. The molecule has 30 heavy (non-hydrogen) atoms. The summed E-state index contributed by atoms with van der Waals surface area (Å²) in [5.74, 6) is -0.601. The topological polar surface area (TPSA) is 104 Å². The number of anilines is 1. The molecular weight excluding hydrogens is 387 g/mol. The summed E-state index contributed by atoms with van der Waals surface area (Å²) in [5.41, 5.74) is 2.58. The molecule has 1 heterocycles. The molecule has 0 aliphatic heterocycles. The van der Waals surface area contributed by atoms with Gasteiger partial charge in [0.05, 0.1) is 11.0 Å². The predicted octanol–water partition coefficient (Wildman–Crippen LogP) is 3.15. The average Bonchev–Trinajstić information content (AvgIpc) is 3.09. The van der Waals surface area contributed by atoms with Crippen LogP contribution in [0.25, 0.3) is 11.0 Å². The van der Waals surface area contributed by atoms with E-state index in [0.29, 0.717) is 41.1 Å². The van der Waals surface area contributed by atoms with Crippen molar-refractivity contribution in [3.63, 3.8) is 0 Å². The second-order valence-electron chi connectivity index (χ2n) is 6.80. The number of hydrogen-bond acceptors (Lipinski definition) is 4. The molecule has 1 aromatic heterocycles. The third kappa shape index (κ3) is 5.38. The third-order valence-corrected chi connectivity index (χ3v) is 4.41. The summed E-state index contributed by atoms with van der Waals surface area (Å²) in [6, 6.07) is 10.8. The minimum Gasteiger partial charge on any atom is -0.352 e. The number of H-pyrrole nitrogens is 1. The first kappa shape index (κ1) is 20.9. The van der Waals surface area contributed by atoms with Crippen LogP contribution in [0.15, 0.2) is 54.1 Å². The number of rotatable bonds is 7. The molecule has 0 radical (unpaired) electrons. The minimum absolute atomic E-state index is 0.0601. The van der Waals surface area contributed by atoms with Crippen LogP contribution in [0.2, 0.25) is 0 Å². The molecule has 0 spiro atoms. The molecule has 0 saturated heterocycles. The highest BCUT2D eigenvalue weighted by Gasteiger charge is 2.09. The summed E-state index contributed by atoms with van der Waals surface area (Å²) in [6.45, 7) is 3.31. The molecule has 8 heteroatoms. The highest BCUT2D eigenvalue weighted by Crippen LogP contribution is 2.13. The Labute approximate surface area is 172 Å². The van der Waals surface area contributed by atoms with Crippen LogP contribution in [0.3, 0.4) is 0 Å². The van der Waals surface area contributed by atoms with Crippen LogP contribution in [0.5, 0.6) is 0 Å². The van der Waals surface area contributed by atoms with Gasteiger partial charge in [-0.25, -0.2) is 9.37 Å². The van der Waals surface area contributed by atoms with Crippen molar-refractivity contribution in [2.24, 2.45) is 0 Å². The molecular formula is C22H21FN4O3. The largest absolute Gasteiger partial charge is 0.352 e. The molecule has 0 aliphatic carbocycles. The SMILES string of the molecule is CC(=O)c1ccc(NC(=O)/C=C(/C)C(=O)NCCc2nc3ccc(F)cc3[nH]2)cc1. The van der Waals surface area contributed by atoms with Crippen molar-refractivity contribution in [3.8, 4) is 0 Å². The number of carbonyl (C=O) groups excluding carboxylic acids is 3. The number of Topliss-reactive ketones (excluding diaryl/α,β-unsaturated/α-hetero) is 1. The molecule has 2 amide bonds. The van der Waals surface area contributed by atoms with Gasteiger partial charge in [-0.3, -0.25) is 14.4 Å². The average molecular weight is 408 g/mol. The summed E-state index contributed by atoms with van der Waals surface area (Å²) in [4.78, 5) is 42.9. The van der Waals surface area contributed by atoms with E-state index < -0.39 is 5.91 Å². The van der Waals surface area contributed by atoms with Crippen molar-refractivity contribution in [1.29, 1.82) is 0 Å². The highest BCUT2D eigenvalue weighted by molar-refractivity contribution is 6.06. The zero-order chi connectivity index (χ0) is 21.7. The van der Waals surface area contributed by atoms with E-state index in [0.717, 1.165) is 0 Å². The highest BCUT2D eigenvalue weighted by atomic mass is 19.1. The van der Waals surface area contributed by atoms with Gasteiger partial charge in [-0.05, 0) is 56.3 Å². The van der Waals surface area contributed by atoms with Crippen LogP contribution in [-0.4, -0.2) is 34.1 Å². The van der Waals surface area contributed by atoms with Crippen molar-refractivity contribution in [3.05, 3.63) is 71.3 Å². The van der Waals surface area contributed by atoms with Crippen LogP contribution in [0.1, 0.15) is 30.0 Å². The Balaban J connectivity index is 1.50. The second-order valence-corrected chi connectivity index (χ2v) is 6.80. The molecule has 154 valence electrons. The number of halogens is 1. The van der Waals surface area contributed by atoms with Crippen LogP contribution in [0, 0.1) is 5.82 Å². The van der Waals surface area contributed by atoms with Crippen LogP contribution in [-0.2, 0) is 16.0 Å². The second kappa shape index (κ2) is 9.13. The van der Waals surface area contributed by atoms with E-state index in [1.807, 2.05) is 0 Å². The molecule has 7 nitrogen and oxygen atoms in total. The summed E-state index contributed by atoms with van der Waals surface area (Å²) in [6.07, 6.45) is 1.64. The summed E-state index contributed by atoms with van der Waals surface area (Å²) >= 11 is 0. The first-order valence-corrected chi connectivity index (χ1v) is 9.34. The molecule has 3 aromatic rings. The fraction of sp³-hybridized carbons (Fsp3) is 0.182. The van der Waals surface area contributed by atoms with Crippen molar-refractivity contribution < 1.29 is 18.8 Å². The quantitative estimate of drug-likeness (QED) is 0.413. The molecule has 2 aromatic carbocycles. The van der Waals surface area contributed by atoms with Gasteiger partial charge in [0.15, 0.2) is 5.78 Å². The molecule has 0 atom stereocenters. The van der Waals surface area contributed by atoms with Crippen molar-refractivity contribution in [2.75, 3.05) is 11.9 Å². The Morgan fingerprint density at radius 1 is 1.10 bits per heavy atom. The molecule has 0 fully saturated rings. The van der Waals surface area contributed by atoms with Gasteiger partial charge in [0.2, 0.25) is 11.8 Å². The molecule has 3 rings (SSSR count). The van der Waals surface area contributed by atoms with Gasteiger partial charge < -0.3 is 15.6 Å². The number of amides is 2. The lowest BCUT2D eigenvalue weighted by atomic mass is 10.1. The first-order valence-electron chi connectivity index (χ1n) is 9.34. The zero-order valence-corrected chi connectivity index (χ0v) is 16.6. The molecule has 0 bridgehead atoms. The minimum atomic E-state index is -0.447. The van der Waals surface area contributed by atoms with Crippen LogP contribution in [0.4, 0.5) is 10.1 Å². The standard InChI is InChI=1S/C22H21FN4O3/c1-13(11-21(29)25-17-6-3-15(4-7-17)14(2)28)22(30)24-10-9-20-26-18-8-5-16(23)12-19(18)27-20/h3-8,11-12H,9-10H2,1-2H3,(H,24,30)(H,25,29)(H,26,27)/b13-11-. The van der Waals surface area contributed by atoms with E-state index in [-0.39, 0.29) is 23.1 Å². The van der Waals surface area contributed by atoms with Crippen LogP contribution < -0.4 is 10.6 Å². The van der Waals surface area contributed by atoms with E-state index in [2.05, 4.69) is 20.6 Å². The number of nitrogens with zero attached hydrogens (tertiary/aromatic N) is 1. The predicted molar refractivity (Wildman–Crippen MR) is 112 cm³/mol. The fourth-order valence-corrected chi connectivity index (χ4v) is 2.82. The molecule has 0 aliphatic rings. The van der Waals surface area contributed by atoms with Gasteiger partial charge in [0.25, 0.3) is 0 Å². The smallest absolute Gasteiger partial charge is 0.248 e. The number of fused-ring (bicyclic) bond motifs is 1. The van der Waals surface area contributed by atoms with E-state index in [1.54, 1.807) is 30.3 Å². The normalized spacial score (nSPS) is 11.4. The Kier molecular flexibility index (Phi) is 6.36. The Bertz CT molecular complexity index is 1130. The lowest BCUT2D eigenvalue weighted by Crippen LogP contribution is -2.27. The van der Waals surface area contributed by atoms with Crippen molar-refractivity contribution in [2.45, 2.75) is 20.3 Å². The number of carbonyl (C=O) groups is 3. The Hall–Kier alpha value is -3.81. The fourth-order valence-electron chi connectivity index (χ4n) is 2.82. The molecule has 0 saturated carbocycles. The number of nitrogens with one attached hydrogen (secondary N) is 3. The van der Waals surface area contributed by atoms with Crippen molar-refractivity contribution in [1.82, 2.24) is 15.3 Å². The number of aromatic nitrogens is 2. The van der Waals surface area contributed by atoms with Crippen molar-refractivity contribution >= 4 is 34.3 Å². The van der Waals surface area contributed by atoms with E-state index in [1.165, 1.54) is 32.1 Å². The van der Waals surface area contributed by atoms with Gasteiger partial charge in [-0.1, -0.05) is 0 Å². The van der Waals surface area contributed by atoms with E-state index in [9.17, 15) is 18.8 Å². The molecule has 3 N–H and O–H groups in total. The first-order chi connectivity index (χ1) is 14.3. The summed E-state index contributed by atoms with van der Waals surface area (Å²) < 4.78 is 13.2. The molecule has 0 unspecified atom stereocenters. The van der Waals surface area contributed by atoms with Crippen LogP contribution >= 0.6 is 0 Å². The monoisotopic (exact) mass is 408 g/mol. The number of hydrogen-bond donors (Lipinski definition) is 3. The Morgan fingerprint density at radius 3 is 2.53 bits per heavy atom. The zero-order valence-electron chi connectivity index (χ0n) is 16.6. The van der Waals surface area contributed by atoms with Gasteiger partial charge in [-0.2, -0.15) is 0 Å². The summed E-state index contributed by atoms with van der Waals surface area (Å²) in [7, 11) is 0. The van der Waals surface area contributed by atoms with Gasteiger partial charge in [-0.15, -0.1) is 0 Å². The van der Waals surface area contributed by atoms with Gasteiger partial charge >= 0.3 is 0 Å². The lowest BCUT2D eigenvalue weighted by molar-refractivity contribution is -0.118. The maximum absolute atomic E-state index is 13.2. The third-order valence-electron chi connectivity index (χ3n) is 4.41. The maximum Gasteiger partial charge on any atom is 0.248 e. The van der Waals surface area contributed by atoms with E-state index in [4.69, 9.17) is 0 Å². The maximum atomic E-state index is 13.2. The summed E-state index contributed by atoms with van der Waals surface area (Å²) in [5, 5.41) is 5.36. The number of aromatic amines is 1. The van der Waals surface area contributed by atoms with Gasteiger partial charge in [0, 0.05) is 35.9 Å². The number of benzene rings is 2. The lowest BCUT2D eigenvalue weighted by Gasteiger charge is -2.06. The number of imidazole rings is 1. The Morgan fingerprint density at radius 2 is 1.83 bits per heavy atom.